The van der Waals surface area contributed by atoms with Gasteiger partial charge in [-0.05, 0) is 12.5 Å². The highest BCUT2D eigenvalue weighted by molar-refractivity contribution is 6.32. The molecule has 1 aromatic carbocycles. The summed E-state index contributed by atoms with van der Waals surface area (Å²) in [5.74, 6) is -0.143. The highest BCUT2D eigenvalue weighted by atomic mass is 35.5. The summed E-state index contributed by atoms with van der Waals surface area (Å²) in [6.45, 7) is 2.24. The highest BCUT2D eigenvalue weighted by Gasteiger charge is 2.11. The number of nitrogens with one attached hydrogen (secondary N) is 1. The summed E-state index contributed by atoms with van der Waals surface area (Å²) in [4.78, 5) is 22.1. The van der Waals surface area contributed by atoms with Crippen molar-refractivity contribution in [2.24, 2.45) is 5.10 Å². The van der Waals surface area contributed by atoms with Gasteiger partial charge < -0.3 is 0 Å². The Hall–Kier alpha value is -1.95. The molecule has 0 bridgehead atoms. The molecule has 1 aromatic rings. The lowest BCUT2D eigenvalue weighted by molar-refractivity contribution is -0.384. The number of hydrogen-bond acceptors (Lipinski definition) is 4. The first-order valence-corrected chi connectivity index (χ1v) is 10.7. The Kier molecular flexibility index (Phi) is 12.9. The molecule has 0 saturated carbocycles. The molecule has 0 aliphatic carbocycles. The molecule has 0 radical (unpaired) electrons. The topological polar surface area (TPSA) is 84.6 Å². The Morgan fingerprint density at radius 1 is 1.07 bits per heavy atom. The fourth-order valence-corrected chi connectivity index (χ4v) is 3.12. The number of carbonyl (C=O) groups is 1. The molecule has 0 atom stereocenters. The molecular formula is C21H32ClN3O3. The molecule has 0 saturated heterocycles. The van der Waals surface area contributed by atoms with Crippen LogP contribution in [-0.2, 0) is 4.79 Å². The first-order valence-electron chi connectivity index (χ1n) is 10.3. The lowest BCUT2D eigenvalue weighted by Gasteiger charge is -2.03. The van der Waals surface area contributed by atoms with Crippen molar-refractivity contribution in [2.45, 2.75) is 84.0 Å². The summed E-state index contributed by atoms with van der Waals surface area (Å²) in [6.07, 6.45) is 15.4. The zero-order chi connectivity index (χ0) is 20.6. The lowest BCUT2D eigenvalue weighted by Crippen LogP contribution is -2.16. The molecule has 0 aliphatic rings. The average Bonchev–Trinajstić information content (AvgIpc) is 2.67. The van der Waals surface area contributed by atoms with E-state index in [4.69, 9.17) is 11.6 Å². The van der Waals surface area contributed by atoms with Gasteiger partial charge in [0, 0.05) is 18.1 Å². The monoisotopic (exact) mass is 409 g/mol. The quantitative estimate of drug-likeness (QED) is 0.157. The molecule has 28 heavy (non-hydrogen) atoms. The number of nitrogens with zero attached hydrogens (tertiary/aromatic N) is 2. The van der Waals surface area contributed by atoms with E-state index in [-0.39, 0.29) is 16.6 Å². The molecular weight excluding hydrogens is 378 g/mol. The van der Waals surface area contributed by atoms with Crippen molar-refractivity contribution in [1.82, 2.24) is 5.43 Å². The van der Waals surface area contributed by atoms with Crippen molar-refractivity contribution >= 4 is 29.4 Å². The molecule has 1 rings (SSSR count). The molecule has 7 heteroatoms. The first kappa shape index (κ1) is 24.1. The van der Waals surface area contributed by atoms with Crippen molar-refractivity contribution < 1.29 is 9.72 Å². The van der Waals surface area contributed by atoms with E-state index < -0.39 is 4.92 Å². The van der Waals surface area contributed by atoms with Crippen LogP contribution in [0.1, 0.15) is 89.5 Å². The number of nitro groups is 1. The van der Waals surface area contributed by atoms with Crippen LogP contribution in [0, 0.1) is 10.1 Å². The number of amides is 1. The fraction of sp³-hybridized carbons (Fsp3) is 0.619. The Morgan fingerprint density at radius 3 is 2.21 bits per heavy atom. The smallest absolute Gasteiger partial charge is 0.273 e. The van der Waals surface area contributed by atoms with Gasteiger partial charge in [-0.15, -0.1) is 0 Å². The largest absolute Gasteiger partial charge is 0.288 e. The summed E-state index contributed by atoms with van der Waals surface area (Å²) >= 11 is 5.76. The van der Waals surface area contributed by atoms with Gasteiger partial charge in [0.15, 0.2) is 0 Å². The van der Waals surface area contributed by atoms with Crippen LogP contribution in [0.2, 0.25) is 5.02 Å². The normalized spacial score (nSPS) is 11.1. The fourth-order valence-electron chi connectivity index (χ4n) is 2.93. The highest BCUT2D eigenvalue weighted by Crippen LogP contribution is 2.24. The van der Waals surface area contributed by atoms with Gasteiger partial charge in [-0.1, -0.05) is 88.8 Å². The van der Waals surface area contributed by atoms with Crippen molar-refractivity contribution in [3.8, 4) is 0 Å². The number of unbranched alkanes of at least 4 members (excludes halogenated alkanes) is 10. The van der Waals surface area contributed by atoms with Crippen LogP contribution >= 0.6 is 11.6 Å². The minimum absolute atomic E-state index is 0.0719. The second kappa shape index (κ2) is 15.0. The summed E-state index contributed by atoms with van der Waals surface area (Å²) in [7, 11) is 0. The maximum absolute atomic E-state index is 11.8. The minimum atomic E-state index is -0.551. The van der Waals surface area contributed by atoms with E-state index in [2.05, 4.69) is 17.5 Å². The van der Waals surface area contributed by atoms with Crippen LogP contribution in [-0.4, -0.2) is 17.0 Å². The van der Waals surface area contributed by atoms with Crippen LogP contribution in [0.4, 0.5) is 5.69 Å². The second-order valence-corrected chi connectivity index (χ2v) is 7.45. The molecule has 6 nitrogen and oxygen atoms in total. The Morgan fingerprint density at radius 2 is 1.64 bits per heavy atom. The summed E-state index contributed by atoms with van der Waals surface area (Å²) < 4.78 is 0. The van der Waals surface area contributed by atoms with Crippen LogP contribution in [0.5, 0.6) is 0 Å². The van der Waals surface area contributed by atoms with E-state index in [1.807, 2.05) is 0 Å². The van der Waals surface area contributed by atoms with Gasteiger partial charge in [-0.2, -0.15) is 5.10 Å². The predicted octanol–water partition coefficient (Wildman–Crippen LogP) is 6.40. The van der Waals surface area contributed by atoms with Gasteiger partial charge in [0.1, 0.15) is 5.02 Å². The number of halogens is 1. The van der Waals surface area contributed by atoms with Crippen LogP contribution < -0.4 is 5.43 Å². The zero-order valence-electron chi connectivity index (χ0n) is 16.8. The number of hydrazone groups is 1. The summed E-state index contributed by atoms with van der Waals surface area (Å²) in [5.41, 5.74) is 2.78. The number of hydrogen-bond donors (Lipinski definition) is 1. The van der Waals surface area contributed by atoms with Gasteiger partial charge >= 0.3 is 0 Å². The van der Waals surface area contributed by atoms with Crippen molar-refractivity contribution in [1.29, 1.82) is 0 Å². The molecule has 0 aliphatic heterocycles. The van der Waals surface area contributed by atoms with Gasteiger partial charge in [0.05, 0.1) is 11.1 Å². The molecule has 156 valence electrons. The molecule has 1 amide bonds. The Balaban J connectivity index is 2.09. The van der Waals surface area contributed by atoms with Crippen molar-refractivity contribution in [3.05, 3.63) is 38.9 Å². The minimum Gasteiger partial charge on any atom is -0.273 e. The molecule has 0 aromatic heterocycles. The maximum atomic E-state index is 11.8. The summed E-state index contributed by atoms with van der Waals surface area (Å²) in [5, 5.41) is 14.8. The van der Waals surface area contributed by atoms with Crippen molar-refractivity contribution in [2.75, 3.05) is 0 Å². The van der Waals surface area contributed by atoms with E-state index in [1.165, 1.54) is 76.1 Å². The molecule has 0 spiro atoms. The first-order chi connectivity index (χ1) is 13.5. The average molecular weight is 410 g/mol. The third kappa shape index (κ3) is 11.0. The molecule has 0 unspecified atom stereocenters. The lowest BCUT2D eigenvalue weighted by atomic mass is 10.1. The van der Waals surface area contributed by atoms with Gasteiger partial charge in [-0.3, -0.25) is 14.9 Å². The van der Waals surface area contributed by atoms with Crippen LogP contribution in [0.25, 0.3) is 0 Å². The Bertz CT molecular complexity index is 635. The van der Waals surface area contributed by atoms with E-state index in [0.717, 1.165) is 12.8 Å². The van der Waals surface area contributed by atoms with E-state index in [0.29, 0.717) is 12.0 Å². The van der Waals surface area contributed by atoms with Gasteiger partial charge in [0.25, 0.3) is 5.69 Å². The van der Waals surface area contributed by atoms with Crippen LogP contribution in [0.3, 0.4) is 0 Å². The predicted molar refractivity (Wildman–Crippen MR) is 115 cm³/mol. The summed E-state index contributed by atoms with van der Waals surface area (Å²) in [6, 6.07) is 4.37. The second-order valence-electron chi connectivity index (χ2n) is 7.05. The molecule has 0 fully saturated rings. The molecule has 0 heterocycles. The maximum Gasteiger partial charge on any atom is 0.288 e. The SMILES string of the molecule is CCCCCCCCCCCCCC(=O)NN=Cc1ccc(Cl)c([N+](=O)[O-])c1. The number of nitro benzene ring substituents is 1. The number of benzene rings is 1. The van der Waals surface area contributed by atoms with E-state index in [9.17, 15) is 14.9 Å². The molecule has 1 N–H and O–H groups in total. The van der Waals surface area contributed by atoms with Gasteiger partial charge in [-0.25, -0.2) is 5.43 Å². The van der Waals surface area contributed by atoms with Crippen molar-refractivity contribution in [3.63, 3.8) is 0 Å². The van der Waals surface area contributed by atoms with Crippen LogP contribution in [0.15, 0.2) is 23.3 Å². The zero-order valence-corrected chi connectivity index (χ0v) is 17.5. The van der Waals surface area contributed by atoms with E-state index >= 15 is 0 Å². The number of carbonyl (C=O) groups excluding carboxylic acids is 1. The van der Waals surface area contributed by atoms with E-state index in [1.54, 1.807) is 6.07 Å². The Labute approximate surface area is 172 Å². The third-order valence-corrected chi connectivity index (χ3v) is 4.90. The standard InChI is InChI=1S/C21H32ClN3O3/c1-2-3-4-5-6-7-8-9-10-11-12-13-21(26)24-23-17-18-14-15-19(22)20(16-18)25(27)28/h14-17H,2-13H2,1H3,(H,24,26). The third-order valence-electron chi connectivity index (χ3n) is 4.58. The number of rotatable bonds is 15. The van der Waals surface area contributed by atoms with Gasteiger partial charge in [0.2, 0.25) is 5.91 Å².